The Balaban J connectivity index is 0.000000921. The maximum atomic E-state index is 10.3. The quantitative estimate of drug-likeness (QED) is 0.480. The lowest BCUT2D eigenvalue weighted by Crippen LogP contribution is -2.01. The SMILES string of the molecule is CC.O=C(O)c1ccc([N+](=O)[O-])c(Cl)n1. The topological polar surface area (TPSA) is 93.3 Å². The van der Waals surface area contributed by atoms with Crippen molar-refractivity contribution in [2.24, 2.45) is 0 Å². The van der Waals surface area contributed by atoms with Crippen LogP contribution in [0.5, 0.6) is 0 Å². The normalized spacial score (nSPS) is 8.73. The summed E-state index contributed by atoms with van der Waals surface area (Å²) in [5.41, 5.74) is -0.734. The smallest absolute Gasteiger partial charge is 0.354 e. The summed E-state index contributed by atoms with van der Waals surface area (Å²) < 4.78 is 0. The molecule has 0 bridgehead atoms. The van der Waals surface area contributed by atoms with Crippen LogP contribution in [0.2, 0.25) is 5.15 Å². The second kappa shape index (κ2) is 5.92. The number of hydrogen-bond donors (Lipinski definition) is 1. The molecule has 0 saturated carbocycles. The van der Waals surface area contributed by atoms with Gasteiger partial charge in [-0.25, -0.2) is 9.78 Å². The third-order valence-electron chi connectivity index (χ3n) is 1.24. The average Bonchev–Trinajstić information content (AvgIpc) is 2.20. The first-order valence-electron chi connectivity index (χ1n) is 4.06. The van der Waals surface area contributed by atoms with Gasteiger partial charge in [0.25, 0.3) is 0 Å². The van der Waals surface area contributed by atoms with Gasteiger partial charge in [-0.3, -0.25) is 10.1 Å². The van der Waals surface area contributed by atoms with Crippen molar-refractivity contribution in [1.29, 1.82) is 0 Å². The molecule has 0 aliphatic rings. The molecule has 1 aromatic heterocycles. The van der Waals surface area contributed by atoms with E-state index in [0.717, 1.165) is 12.1 Å². The number of nitrogens with zero attached hydrogens (tertiary/aromatic N) is 2. The third kappa shape index (κ3) is 3.51. The van der Waals surface area contributed by atoms with Gasteiger partial charge in [0, 0.05) is 6.07 Å². The second-order valence-electron chi connectivity index (χ2n) is 2.07. The highest BCUT2D eigenvalue weighted by molar-refractivity contribution is 6.31. The van der Waals surface area contributed by atoms with Crippen molar-refractivity contribution in [2.45, 2.75) is 13.8 Å². The minimum absolute atomic E-state index is 0.324. The van der Waals surface area contributed by atoms with Crippen molar-refractivity contribution in [1.82, 2.24) is 4.98 Å². The molecule has 1 heterocycles. The van der Waals surface area contributed by atoms with Crippen molar-refractivity contribution < 1.29 is 14.8 Å². The zero-order valence-electron chi connectivity index (χ0n) is 8.10. The van der Waals surface area contributed by atoms with Gasteiger partial charge >= 0.3 is 11.7 Å². The molecule has 0 aliphatic carbocycles. The molecule has 82 valence electrons. The second-order valence-corrected chi connectivity index (χ2v) is 2.43. The van der Waals surface area contributed by atoms with Crippen molar-refractivity contribution in [3.8, 4) is 0 Å². The van der Waals surface area contributed by atoms with E-state index >= 15 is 0 Å². The monoisotopic (exact) mass is 232 g/mol. The van der Waals surface area contributed by atoms with Crippen molar-refractivity contribution in [3.05, 3.63) is 33.1 Å². The van der Waals surface area contributed by atoms with Crippen LogP contribution in [0.25, 0.3) is 0 Å². The van der Waals surface area contributed by atoms with E-state index in [1.807, 2.05) is 13.8 Å². The Labute approximate surface area is 90.7 Å². The molecular formula is C8H9ClN2O4. The molecule has 1 aromatic rings. The molecule has 15 heavy (non-hydrogen) atoms. The fourth-order valence-electron chi connectivity index (χ4n) is 0.682. The molecule has 0 spiro atoms. The summed E-state index contributed by atoms with van der Waals surface area (Å²) >= 11 is 5.35. The zero-order chi connectivity index (χ0) is 12.0. The van der Waals surface area contributed by atoms with Gasteiger partial charge in [-0.2, -0.15) is 0 Å². The minimum Gasteiger partial charge on any atom is -0.477 e. The van der Waals surface area contributed by atoms with Crippen molar-refractivity contribution in [2.75, 3.05) is 0 Å². The van der Waals surface area contributed by atoms with Crippen LogP contribution in [0.3, 0.4) is 0 Å². The van der Waals surface area contributed by atoms with Crippen LogP contribution in [0.4, 0.5) is 5.69 Å². The van der Waals surface area contributed by atoms with E-state index < -0.39 is 21.7 Å². The zero-order valence-corrected chi connectivity index (χ0v) is 8.85. The number of rotatable bonds is 2. The van der Waals surface area contributed by atoms with Crippen LogP contribution < -0.4 is 0 Å². The van der Waals surface area contributed by atoms with Crippen molar-refractivity contribution >= 4 is 23.3 Å². The Morgan fingerprint density at radius 2 is 2.07 bits per heavy atom. The molecule has 7 heteroatoms. The lowest BCUT2D eigenvalue weighted by molar-refractivity contribution is -0.385. The highest BCUT2D eigenvalue weighted by Crippen LogP contribution is 2.21. The third-order valence-corrected chi connectivity index (χ3v) is 1.52. The summed E-state index contributed by atoms with van der Waals surface area (Å²) in [6.07, 6.45) is 0. The summed E-state index contributed by atoms with van der Waals surface area (Å²) in [6.45, 7) is 4.00. The van der Waals surface area contributed by atoms with Gasteiger partial charge in [-0.15, -0.1) is 0 Å². The first-order valence-corrected chi connectivity index (χ1v) is 4.44. The molecule has 1 N–H and O–H groups in total. The van der Waals surface area contributed by atoms with Gasteiger partial charge in [-0.1, -0.05) is 25.4 Å². The predicted molar refractivity (Wildman–Crippen MR) is 54.2 cm³/mol. The van der Waals surface area contributed by atoms with Crippen LogP contribution in [-0.4, -0.2) is 21.0 Å². The van der Waals surface area contributed by atoms with Gasteiger partial charge in [0.2, 0.25) is 5.15 Å². The Hall–Kier alpha value is -1.69. The lowest BCUT2D eigenvalue weighted by Gasteiger charge is -1.95. The van der Waals surface area contributed by atoms with E-state index in [1.165, 1.54) is 0 Å². The summed E-state index contributed by atoms with van der Waals surface area (Å²) in [4.78, 5) is 23.2. The Morgan fingerprint density at radius 3 is 2.40 bits per heavy atom. The van der Waals surface area contributed by atoms with Crippen LogP contribution in [-0.2, 0) is 0 Å². The molecule has 0 unspecified atom stereocenters. The molecular weight excluding hydrogens is 224 g/mol. The molecule has 0 aromatic carbocycles. The first kappa shape index (κ1) is 13.3. The van der Waals surface area contributed by atoms with Crippen LogP contribution >= 0.6 is 11.6 Å². The van der Waals surface area contributed by atoms with Crippen LogP contribution in [0.15, 0.2) is 12.1 Å². The van der Waals surface area contributed by atoms with E-state index in [0.29, 0.717) is 0 Å². The number of nitro groups is 1. The summed E-state index contributed by atoms with van der Waals surface area (Å²) in [7, 11) is 0. The van der Waals surface area contributed by atoms with E-state index in [-0.39, 0.29) is 5.69 Å². The fraction of sp³-hybridized carbons (Fsp3) is 0.250. The number of aromatic nitrogens is 1. The van der Waals surface area contributed by atoms with Gasteiger partial charge < -0.3 is 5.11 Å². The van der Waals surface area contributed by atoms with Gasteiger partial charge in [0.1, 0.15) is 5.69 Å². The summed E-state index contributed by atoms with van der Waals surface area (Å²) in [5.74, 6) is -1.28. The number of aromatic carboxylic acids is 1. The average molecular weight is 233 g/mol. The predicted octanol–water partition coefficient (Wildman–Crippen LogP) is 2.37. The highest BCUT2D eigenvalue weighted by Gasteiger charge is 2.15. The fourth-order valence-corrected chi connectivity index (χ4v) is 0.905. The maximum absolute atomic E-state index is 10.3. The number of carboxylic acids is 1. The van der Waals surface area contributed by atoms with Crippen LogP contribution in [0.1, 0.15) is 24.3 Å². The summed E-state index contributed by atoms with van der Waals surface area (Å²) in [5, 5.41) is 18.3. The molecule has 0 aliphatic heterocycles. The first-order chi connectivity index (χ1) is 7.02. The standard InChI is InChI=1S/C6H3ClN2O4.C2H6/c7-5-4(9(12)13)2-1-3(8-5)6(10)11;1-2/h1-2H,(H,10,11);1-2H3. The number of carboxylic acid groups (broad SMARTS) is 1. The van der Waals surface area contributed by atoms with E-state index in [2.05, 4.69) is 4.98 Å². The molecule has 0 radical (unpaired) electrons. The largest absolute Gasteiger partial charge is 0.477 e. The Kier molecular flexibility index (Phi) is 5.25. The lowest BCUT2D eigenvalue weighted by atomic mass is 10.3. The maximum Gasteiger partial charge on any atom is 0.354 e. The van der Waals surface area contributed by atoms with Crippen LogP contribution in [0, 0.1) is 10.1 Å². The number of carbonyl (C=O) groups is 1. The molecule has 0 fully saturated rings. The number of halogens is 1. The van der Waals surface area contributed by atoms with E-state index in [1.54, 1.807) is 0 Å². The molecule has 6 nitrogen and oxygen atoms in total. The Morgan fingerprint density at radius 1 is 1.53 bits per heavy atom. The molecule has 0 atom stereocenters. The van der Waals surface area contributed by atoms with E-state index in [9.17, 15) is 14.9 Å². The van der Waals surface area contributed by atoms with Crippen molar-refractivity contribution in [3.63, 3.8) is 0 Å². The van der Waals surface area contributed by atoms with Gasteiger partial charge in [0.05, 0.1) is 4.92 Å². The summed E-state index contributed by atoms with van der Waals surface area (Å²) in [6, 6.07) is 2.02. The van der Waals surface area contributed by atoms with Gasteiger partial charge in [0.15, 0.2) is 0 Å². The molecule has 0 saturated heterocycles. The molecule has 1 rings (SSSR count). The van der Waals surface area contributed by atoms with E-state index in [4.69, 9.17) is 16.7 Å². The highest BCUT2D eigenvalue weighted by atomic mass is 35.5. The minimum atomic E-state index is -1.28. The number of pyridine rings is 1. The van der Waals surface area contributed by atoms with Gasteiger partial charge in [-0.05, 0) is 6.07 Å². The Bertz CT molecular complexity index is 381. The number of hydrogen-bond acceptors (Lipinski definition) is 4. The molecule has 0 amide bonds.